The van der Waals surface area contributed by atoms with Gasteiger partial charge in [-0.3, -0.25) is 14.3 Å². The molecule has 0 aromatic carbocycles. The fourth-order valence-electron chi connectivity index (χ4n) is 2.49. The van der Waals surface area contributed by atoms with Gasteiger partial charge in [-0.25, -0.2) is 0 Å². The normalized spacial score (nSPS) is 16.0. The Morgan fingerprint density at radius 2 is 2.05 bits per heavy atom. The highest BCUT2D eigenvalue weighted by Crippen LogP contribution is 2.20. The number of carbonyl (C=O) groups excluding carboxylic acids is 2. The molecule has 1 aliphatic rings. The molecule has 21 heavy (non-hydrogen) atoms. The fourth-order valence-corrected chi connectivity index (χ4v) is 2.49. The minimum atomic E-state index is -0.131. The first-order valence-corrected chi connectivity index (χ1v) is 7.13. The SMILES string of the molecule is CN(C)C(=O)C1CCN(C(=O)c2cn(CCN)nn2)CC1. The van der Waals surface area contributed by atoms with Crippen molar-refractivity contribution >= 4 is 11.8 Å². The second-order valence-corrected chi connectivity index (χ2v) is 5.45. The minimum absolute atomic E-state index is 0.0111. The predicted molar refractivity (Wildman–Crippen MR) is 76.4 cm³/mol. The molecule has 0 atom stereocenters. The third kappa shape index (κ3) is 3.57. The monoisotopic (exact) mass is 294 g/mol. The number of carbonyl (C=O) groups is 2. The summed E-state index contributed by atoms with van der Waals surface area (Å²) >= 11 is 0. The molecule has 1 aromatic rings. The van der Waals surface area contributed by atoms with Crippen LogP contribution in [0.25, 0.3) is 0 Å². The fraction of sp³-hybridized carbons (Fsp3) is 0.692. The molecular formula is C13H22N6O2. The van der Waals surface area contributed by atoms with E-state index in [-0.39, 0.29) is 17.7 Å². The molecule has 0 spiro atoms. The lowest BCUT2D eigenvalue weighted by Gasteiger charge is -2.31. The lowest BCUT2D eigenvalue weighted by molar-refractivity contribution is -0.134. The highest BCUT2D eigenvalue weighted by atomic mass is 16.2. The first-order chi connectivity index (χ1) is 10.0. The van der Waals surface area contributed by atoms with E-state index in [4.69, 9.17) is 5.73 Å². The van der Waals surface area contributed by atoms with E-state index in [0.29, 0.717) is 44.7 Å². The summed E-state index contributed by atoms with van der Waals surface area (Å²) in [5, 5.41) is 7.75. The van der Waals surface area contributed by atoms with Crippen molar-refractivity contribution in [1.29, 1.82) is 0 Å². The second-order valence-electron chi connectivity index (χ2n) is 5.45. The van der Waals surface area contributed by atoms with E-state index >= 15 is 0 Å². The Hall–Kier alpha value is -1.96. The zero-order valence-electron chi connectivity index (χ0n) is 12.5. The summed E-state index contributed by atoms with van der Waals surface area (Å²) < 4.78 is 1.57. The molecule has 2 heterocycles. The number of piperidine rings is 1. The summed E-state index contributed by atoms with van der Waals surface area (Å²) in [5.74, 6) is 0.0157. The number of likely N-dealkylation sites (tertiary alicyclic amines) is 1. The predicted octanol–water partition coefficient (Wildman–Crippen LogP) is -0.823. The maximum atomic E-state index is 12.3. The van der Waals surface area contributed by atoms with Gasteiger partial charge in [0.1, 0.15) is 0 Å². The molecule has 8 nitrogen and oxygen atoms in total. The Morgan fingerprint density at radius 1 is 1.38 bits per heavy atom. The molecule has 8 heteroatoms. The van der Waals surface area contributed by atoms with Gasteiger partial charge < -0.3 is 15.5 Å². The molecule has 1 fully saturated rings. The highest BCUT2D eigenvalue weighted by Gasteiger charge is 2.29. The van der Waals surface area contributed by atoms with Crippen molar-refractivity contribution in [1.82, 2.24) is 24.8 Å². The van der Waals surface area contributed by atoms with Crippen molar-refractivity contribution in [2.45, 2.75) is 19.4 Å². The molecule has 1 saturated heterocycles. The Bertz CT molecular complexity index is 505. The number of nitrogens with two attached hydrogens (primary N) is 1. The van der Waals surface area contributed by atoms with Crippen molar-refractivity contribution in [3.63, 3.8) is 0 Å². The Kier molecular flexibility index (Phi) is 4.89. The standard InChI is InChI=1S/C13H22N6O2/c1-17(2)12(20)10-3-6-18(7-4-10)13(21)11-9-19(8-5-14)16-15-11/h9-10H,3-8,14H2,1-2H3. The van der Waals surface area contributed by atoms with Crippen LogP contribution in [0.5, 0.6) is 0 Å². The van der Waals surface area contributed by atoms with Crippen LogP contribution in [0.1, 0.15) is 23.3 Å². The van der Waals surface area contributed by atoms with Gasteiger partial charge in [-0.05, 0) is 12.8 Å². The summed E-state index contributed by atoms with van der Waals surface area (Å²) in [7, 11) is 3.52. The van der Waals surface area contributed by atoms with E-state index in [0.717, 1.165) is 0 Å². The molecule has 0 radical (unpaired) electrons. The Balaban J connectivity index is 1.92. The molecule has 2 rings (SSSR count). The van der Waals surface area contributed by atoms with Gasteiger partial charge in [0, 0.05) is 39.6 Å². The smallest absolute Gasteiger partial charge is 0.276 e. The average molecular weight is 294 g/mol. The molecule has 116 valence electrons. The molecule has 2 N–H and O–H groups in total. The van der Waals surface area contributed by atoms with Gasteiger partial charge in [-0.15, -0.1) is 5.10 Å². The summed E-state index contributed by atoms with van der Waals surface area (Å²) in [6.07, 6.45) is 3.01. The van der Waals surface area contributed by atoms with Crippen LogP contribution in [0.4, 0.5) is 0 Å². The Labute approximate surface area is 123 Å². The number of amides is 2. The van der Waals surface area contributed by atoms with Crippen LogP contribution in [0.3, 0.4) is 0 Å². The number of rotatable bonds is 4. The summed E-state index contributed by atoms with van der Waals surface area (Å²) in [6, 6.07) is 0. The van der Waals surface area contributed by atoms with Crippen LogP contribution in [-0.4, -0.2) is 70.3 Å². The maximum absolute atomic E-state index is 12.3. The lowest BCUT2D eigenvalue weighted by Crippen LogP contribution is -2.42. The van der Waals surface area contributed by atoms with Crippen LogP contribution in [0.2, 0.25) is 0 Å². The third-order valence-corrected chi connectivity index (χ3v) is 3.69. The highest BCUT2D eigenvalue weighted by molar-refractivity contribution is 5.92. The number of hydrogen-bond acceptors (Lipinski definition) is 5. The van der Waals surface area contributed by atoms with Crippen molar-refractivity contribution in [2.75, 3.05) is 33.7 Å². The molecule has 1 aromatic heterocycles. The van der Waals surface area contributed by atoms with Crippen LogP contribution in [0, 0.1) is 5.92 Å². The molecule has 2 amide bonds. The third-order valence-electron chi connectivity index (χ3n) is 3.69. The molecule has 0 bridgehead atoms. The summed E-state index contributed by atoms with van der Waals surface area (Å²) in [6.45, 7) is 2.15. The van der Waals surface area contributed by atoms with Crippen molar-refractivity contribution in [3.05, 3.63) is 11.9 Å². The largest absolute Gasteiger partial charge is 0.349 e. The first kappa shape index (κ1) is 15.4. The quantitative estimate of drug-likeness (QED) is 0.782. The van der Waals surface area contributed by atoms with Crippen LogP contribution in [-0.2, 0) is 11.3 Å². The van der Waals surface area contributed by atoms with Crippen molar-refractivity contribution in [2.24, 2.45) is 11.7 Å². The summed E-state index contributed by atoms with van der Waals surface area (Å²) in [4.78, 5) is 27.6. The van der Waals surface area contributed by atoms with Gasteiger partial charge in [-0.2, -0.15) is 0 Å². The first-order valence-electron chi connectivity index (χ1n) is 7.13. The Morgan fingerprint density at radius 3 is 2.62 bits per heavy atom. The minimum Gasteiger partial charge on any atom is -0.349 e. The van der Waals surface area contributed by atoms with Gasteiger partial charge >= 0.3 is 0 Å². The average Bonchev–Trinajstić information content (AvgIpc) is 2.95. The topological polar surface area (TPSA) is 97.4 Å². The van der Waals surface area contributed by atoms with Gasteiger partial charge in [0.2, 0.25) is 5.91 Å². The molecule has 0 saturated carbocycles. The van der Waals surface area contributed by atoms with E-state index in [1.54, 1.807) is 34.8 Å². The summed E-state index contributed by atoms with van der Waals surface area (Å²) in [5.41, 5.74) is 5.77. The number of aromatic nitrogens is 3. The van der Waals surface area contributed by atoms with Crippen LogP contribution in [0.15, 0.2) is 6.20 Å². The second kappa shape index (κ2) is 6.66. The van der Waals surface area contributed by atoms with E-state index in [9.17, 15) is 9.59 Å². The number of hydrogen-bond donors (Lipinski definition) is 1. The zero-order valence-corrected chi connectivity index (χ0v) is 12.5. The van der Waals surface area contributed by atoms with Gasteiger partial charge in [-0.1, -0.05) is 5.21 Å². The van der Waals surface area contributed by atoms with Crippen LogP contribution >= 0.6 is 0 Å². The zero-order chi connectivity index (χ0) is 15.4. The van der Waals surface area contributed by atoms with Crippen molar-refractivity contribution < 1.29 is 9.59 Å². The van der Waals surface area contributed by atoms with Crippen molar-refractivity contribution in [3.8, 4) is 0 Å². The van der Waals surface area contributed by atoms with Gasteiger partial charge in [0.05, 0.1) is 12.7 Å². The van der Waals surface area contributed by atoms with Crippen LogP contribution < -0.4 is 5.73 Å². The van der Waals surface area contributed by atoms with E-state index in [2.05, 4.69) is 10.3 Å². The van der Waals surface area contributed by atoms with E-state index in [1.807, 2.05) is 0 Å². The molecular weight excluding hydrogens is 272 g/mol. The van der Waals surface area contributed by atoms with Gasteiger partial charge in [0.25, 0.3) is 5.91 Å². The van der Waals surface area contributed by atoms with E-state index in [1.165, 1.54) is 0 Å². The molecule has 0 unspecified atom stereocenters. The van der Waals surface area contributed by atoms with E-state index < -0.39 is 0 Å². The van der Waals surface area contributed by atoms with Gasteiger partial charge in [0.15, 0.2) is 5.69 Å². The molecule has 0 aliphatic carbocycles. The lowest BCUT2D eigenvalue weighted by atomic mass is 9.95. The maximum Gasteiger partial charge on any atom is 0.276 e. The molecule has 1 aliphatic heterocycles. The number of nitrogens with zero attached hydrogens (tertiary/aromatic N) is 5.